The number of benzene rings is 1. The van der Waals surface area contributed by atoms with Gasteiger partial charge in [-0.3, -0.25) is 9.59 Å². The molecule has 0 radical (unpaired) electrons. The first kappa shape index (κ1) is 15.1. The highest BCUT2D eigenvalue weighted by molar-refractivity contribution is 7.08. The van der Waals surface area contributed by atoms with Crippen LogP contribution in [0.25, 0.3) is 0 Å². The van der Waals surface area contributed by atoms with Crippen LogP contribution in [0.3, 0.4) is 0 Å². The number of nitrogens with zero attached hydrogens (tertiary/aromatic N) is 2. The summed E-state index contributed by atoms with van der Waals surface area (Å²) in [6, 6.07) is 5.32. The number of aromatic nitrogens is 2. The monoisotopic (exact) mass is 304 g/mol. The lowest BCUT2D eigenvalue weighted by Gasteiger charge is -2.09. The van der Waals surface area contributed by atoms with Crippen LogP contribution in [0.2, 0.25) is 0 Å². The van der Waals surface area contributed by atoms with E-state index in [4.69, 9.17) is 0 Å². The Morgan fingerprint density at radius 2 is 2.05 bits per heavy atom. The summed E-state index contributed by atoms with van der Waals surface area (Å²) in [5.41, 5.74) is 2.97. The third kappa shape index (κ3) is 3.63. The summed E-state index contributed by atoms with van der Waals surface area (Å²) in [4.78, 5) is 23.8. The van der Waals surface area contributed by atoms with E-state index < -0.39 is 0 Å². The zero-order valence-corrected chi connectivity index (χ0v) is 12.9. The largest absolute Gasteiger partial charge is 0.326 e. The molecule has 6 nitrogen and oxygen atoms in total. The zero-order valence-electron chi connectivity index (χ0n) is 12.1. The maximum Gasteiger partial charge on any atom is 0.269 e. The van der Waals surface area contributed by atoms with Crippen molar-refractivity contribution in [3.8, 4) is 0 Å². The molecule has 110 valence electrons. The van der Waals surface area contributed by atoms with E-state index >= 15 is 0 Å². The van der Waals surface area contributed by atoms with Crippen molar-refractivity contribution in [1.29, 1.82) is 0 Å². The molecular weight excluding hydrogens is 288 g/mol. The van der Waals surface area contributed by atoms with E-state index in [-0.39, 0.29) is 11.8 Å². The summed E-state index contributed by atoms with van der Waals surface area (Å²) in [6.07, 6.45) is 0.666. The Hall–Kier alpha value is -2.28. The predicted octanol–water partition coefficient (Wildman–Crippen LogP) is 2.62. The van der Waals surface area contributed by atoms with Crippen LogP contribution in [0.15, 0.2) is 18.2 Å². The molecule has 0 atom stereocenters. The number of carbonyl (C=O) groups excluding carboxylic acids is 2. The summed E-state index contributed by atoms with van der Waals surface area (Å²) in [5.74, 6) is -0.341. The van der Waals surface area contributed by atoms with Crippen molar-refractivity contribution >= 4 is 34.7 Å². The average molecular weight is 304 g/mol. The molecule has 0 spiro atoms. The van der Waals surface area contributed by atoms with Gasteiger partial charge in [-0.25, -0.2) is 0 Å². The maximum atomic E-state index is 12.2. The molecule has 0 bridgehead atoms. The fourth-order valence-corrected chi connectivity index (χ4v) is 2.52. The number of amides is 2. The molecule has 1 aromatic carbocycles. The quantitative estimate of drug-likeness (QED) is 0.909. The lowest BCUT2D eigenvalue weighted by Crippen LogP contribution is -2.13. The Morgan fingerprint density at radius 3 is 2.67 bits per heavy atom. The highest BCUT2D eigenvalue weighted by atomic mass is 32.1. The first-order valence-electron chi connectivity index (χ1n) is 6.52. The van der Waals surface area contributed by atoms with Crippen molar-refractivity contribution < 1.29 is 9.59 Å². The van der Waals surface area contributed by atoms with Crippen molar-refractivity contribution in [2.75, 3.05) is 10.6 Å². The number of aryl methyl sites for hydroxylation is 2. The van der Waals surface area contributed by atoms with Crippen LogP contribution in [-0.4, -0.2) is 21.4 Å². The van der Waals surface area contributed by atoms with Gasteiger partial charge in [0.25, 0.3) is 5.91 Å². The molecule has 0 saturated heterocycles. The molecule has 1 heterocycles. The number of nitrogens with one attached hydrogen (secondary N) is 2. The van der Waals surface area contributed by atoms with E-state index in [0.717, 1.165) is 22.8 Å². The topological polar surface area (TPSA) is 84.0 Å². The molecule has 21 heavy (non-hydrogen) atoms. The van der Waals surface area contributed by atoms with Crippen molar-refractivity contribution in [2.45, 2.75) is 27.2 Å². The molecule has 2 N–H and O–H groups in total. The van der Waals surface area contributed by atoms with Crippen LogP contribution in [0.5, 0.6) is 0 Å². The van der Waals surface area contributed by atoms with Crippen LogP contribution in [0.1, 0.15) is 34.8 Å². The second kappa shape index (κ2) is 6.45. The molecule has 0 aliphatic carbocycles. The predicted molar refractivity (Wildman–Crippen MR) is 82.7 cm³/mol. The van der Waals surface area contributed by atoms with Gasteiger partial charge in [0.2, 0.25) is 5.91 Å². The normalized spacial score (nSPS) is 10.2. The number of hydrogen-bond donors (Lipinski definition) is 2. The molecule has 7 heteroatoms. The second-order valence-electron chi connectivity index (χ2n) is 4.57. The van der Waals surface area contributed by atoms with Gasteiger partial charge >= 0.3 is 0 Å². The van der Waals surface area contributed by atoms with Gasteiger partial charge in [-0.2, -0.15) is 0 Å². The molecule has 2 aromatic rings. The number of anilines is 2. The molecule has 1 aromatic heterocycles. The Bertz CT molecular complexity index is 681. The van der Waals surface area contributed by atoms with Gasteiger partial charge in [0.1, 0.15) is 4.88 Å². The fourth-order valence-electron chi connectivity index (χ4n) is 1.87. The molecule has 0 unspecified atom stereocenters. The minimum atomic E-state index is -0.214. The van der Waals surface area contributed by atoms with Gasteiger partial charge in [0.15, 0.2) is 0 Å². The molecule has 0 saturated carbocycles. The number of carbonyl (C=O) groups is 2. The Labute approximate surface area is 126 Å². The second-order valence-corrected chi connectivity index (χ2v) is 5.32. The van der Waals surface area contributed by atoms with Gasteiger partial charge in [-0.1, -0.05) is 11.4 Å². The lowest BCUT2D eigenvalue weighted by atomic mass is 10.1. The standard InChI is InChI=1S/C14H16N4O2S/c1-4-11-13(21-18-17-11)14(20)16-10-5-6-12(8(2)7-10)15-9(3)19/h5-7H,4H2,1-3H3,(H,15,19)(H,16,20). The minimum absolute atomic E-state index is 0.127. The molecule has 2 amide bonds. The van der Waals surface area contributed by atoms with Crippen molar-refractivity contribution in [3.05, 3.63) is 34.3 Å². The van der Waals surface area contributed by atoms with E-state index in [1.165, 1.54) is 6.92 Å². The van der Waals surface area contributed by atoms with Crippen molar-refractivity contribution in [2.24, 2.45) is 0 Å². The molecule has 0 fully saturated rings. The van der Waals surface area contributed by atoms with Gasteiger partial charge < -0.3 is 10.6 Å². The Morgan fingerprint density at radius 1 is 1.29 bits per heavy atom. The zero-order chi connectivity index (χ0) is 15.4. The highest BCUT2D eigenvalue weighted by Gasteiger charge is 2.15. The van der Waals surface area contributed by atoms with Gasteiger partial charge in [-0.05, 0) is 48.6 Å². The Kier molecular flexibility index (Phi) is 4.64. The molecule has 0 aliphatic heterocycles. The number of hydrogen-bond acceptors (Lipinski definition) is 5. The summed E-state index contributed by atoms with van der Waals surface area (Å²) in [6.45, 7) is 5.25. The van der Waals surface area contributed by atoms with E-state index in [9.17, 15) is 9.59 Å². The summed E-state index contributed by atoms with van der Waals surface area (Å²) < 4.78 is 3.80. The van der Waals surface area contributed by atoms with E-state index in [0.29, 0.717) is 22.7 Å². The number of rotatable bonds is 4. The third-order valence-corrected chi connectivity index (χ3v) is 3.66. The lowest BCUT2D eigenvalue weighted by molar-refractivity contribution is -0.114. The van der Waals surface area contributed by atoms with E-state index in [1.54, 1.807) is 12.1 Å². The van der Waals surface area contributed by atoms with Crippen LogP contribution in [-0.2, 0) is 11.2 Å². The van der Waals surface area contributed by atoms with Gasteiger partial charge in [0, 0.05) is 18.3 Å². The minimum Gasteiger partial charge on any atom is -0.326 e. The van der Waals surface area contributed by atoms with Crippen LogP contribution < -0.4 is 10.6 Å². The van der Waals surface area contributed by atoms with Crippen LogP contribution in [0, 0.1) is 6.92 Å². The smallest absolute Gasteiger partial charge is 0.269 e. The molecular formula is C14H16N4O2S. The summed E-state index contributed by atoms with van der Waals surface area (Å²) >= 11 is 1.09. The summed E-state index contributed by atoms with van der Waals surface area (Å²) in [5, 5.41) is 9.47. The molecule has 0 aliphatic rings. The van der Waals surface area contributed by atoms with Gasteiger partial charge in [0.05, 0.1) is 5.69 Å². The fraction of sp³-hybridized carbons (Fsp3) is 0.286. The summed E-state index contributed by atoms with van der Waals surface area (Å²) in [7, 11) is 0. The third-order valence-electron chi connectivity index (χ3n) is 2.89. The van der Waals surface area contributed by atoms with Crippen LogP contribution >= 0.6 is 11.5 Å². The van der Waals surface area contributed by atoms with Crippen molar-refractivity contribution in [1.82, 2.24) is 9.59 Å². The van der Waals surface area contributed by atoms with E-state index in [2.05, 4.69) is 20.2 Å². The Balaban J connectivity index is 2.15. The van der Waals surface area contributed by atoms with Crippen LogP contribution in [0.4, 0.5) is 11.4 Å². The average Bonchev–Trinajstić information content (AvgIpc) is 2.90. The van der Waals surface area contributed by atoms with Gasteiger partial charge in [-0.15, -0.1) is 5.10 Å². The molecule has 2 rings (SSSR count). The first-order chi connectivity index (χ1) is 10.0. The van der Waals surface area contributed by atoms with E-state index in [1.807, 2.05) is 19.9 Å². The maximum absolute atomic E-state index is 12.2. The highest BCUT2D eigenvalue weighted by Crippen LogP contribution is 2.21. The SMILES string of the molecule is CCc1nnsc1C(=O)Nc1ccc(NC(C)=O)c(C)c1. The first-order valence-corrected chi connectivity index (χ1v) is 7.29. The van der Waals surface area contributed by atoms with Crippen molar-refractivity contribution in [3.63, 3.8) is 0 Å².